The van der Waals surface area contributed by atoms with Crippen molar-refractivity contribution in [3.8, 4) is 5.88 Å². The first kappa shape index (κ1) is 22.1. The first-order valence-electron chi connectivity index (χ1n) is 9.78. The average Bonchev–Trinajstić information content (AvgIpc) is 3.19. The minimum absolute atomic E-state index is 0.0161. The molecule has 0 saturated carbocycles. The average molecular weight is 452 g/mol. The highest BCUT2D eigenvalue weighted by Crippen LogP contribution is 2.48. The summed E-state index contributed by atoms with van der Waals surface area (Å²) in [5.74, 6) is -4.07. The van der Waals surface area contributed by atoms with Crippen molar-refractivity contribution in [1.29, 1.82) is 0 Å². The number of amidine groups is 1. The van der Waals surface area contributed by atoms with E-state index >= 15 is 0 Å². The standard InChI is InChI=1S/C21H20F4N4O3/c1-31-17-7-27-15(6-28-17)16(30)4-11-2-13(18(24)14(23)3-11)21-10-32-8-12(21)5-20(25,9-22)19(26)29-21/h2-3,6-7,12H,4-5,8-10H2,1H3,(H2,26,29)/t12-,20-,21+/m1/s1. The Morgan fingerprint density at radius 3 is 2.75 bits per heavy atom. The Hall–Kier alpha value is -3.08. The van der Waals surface area contributed by atoms with E-state index in [-0.39, 0.29) is 48.8 Å². The number of Topliss-reactive ketones (excluding diaryl/α,β-unsaturated/α-hetero) is 1. The number of carbonyl (C=O) groups excluding carboxylic acids is 1. The zero-order valence-electron chi connectivity index (χ0n) is 17.1. The summed E-state index contributed by atoms with van der Waals surface area (Å²) in [7, 11) is 1.40. The van der Waals surface area contributed by atoms with Gasteiger partial charge in [0.25, 0.3) is 0 Å². The quantitative estimate of drug-likeness (QED) is 0.534. The molecule has 4 rings (SSSR count). The molecule has 0 spiro atoms. The van der Waals surface area contributed by atoms with Gasteiger partial charge < -0.3 is 15.2 Å². The summed E-state index contributed by atoms with van der Waals surface area (Å²) in [6, 6.07) is 2.18. The third-order valence-electron chi connectivity index (χ3n) is 5.92. The summed E-state index contributed by atoms with van der Waals surface area (Å²) in [4.78, 5) is 24.5. The molecule has 0 radical (unpaired) electrons. The van der Waals surface area contributed by atoms with Crippen molar-refractivity contribution in [3.63, 3.8) is 0 Å². The number of hydrogen-bond donors (Lipinski definition) is 1. The zero-order chi connectivity index (χ0) is 23.1. The monoisotopic (exact) mass is 452 g/mol. The van der Waals surface area contributed by atoms with E-state index in [1.54, 1.807) is 0 Å². The maximum absolute atomic E-state index is 14.9. The highest BCUT2D eigenvalue weighted by atomic mass is 19.2. The minimum Gasteiger partial charge on any atom is -0.480 e. The molecule has 11 heteroatoms. The third kappa shape index (κ3) is 3.60. The van der Waals surface area contributed by atoms with Gasteiger partial charge in [-0.3, -0.25) is 9.79 Å². The van der Waals surface area contributed by atoms with E-state index in [9.17, 15) is 22.4 Å². The van der Waals surface area contributed by atoms with Gasteiger partial charge in [0.05, 0.1) is 32.7 Å². The Labute approximate surface area is 180 Å². The van der Waals surface area contributed by atoms with Crippen LogP contribution in [-0.4, -0.2) is 54.3 Å². The van der Waals surface area contributed by atoms with E-state index < -0.39 is 47.1 Å². The molecule has 170 valence electrons. The van der Waals surface area contributed by atoms with Crippen LogP contribution < -0.4 is 10.5 Å². The summed E-state index contributed by atoms with van der Waals surface area (Å²) in [5.41, 5.74) is 1.64. The lowest BCUT2D eigenvalue weighted by atomic mass is 9.72. The summed E-state index contributed by atoms with van der Waals surface area (Å²) < 4.78 is 67.8. The second-order valence-electron chi connectivity index (χ2n) is 7.92. The van der Waals surface area contributed by atoms with E-state index in [1.165, 1.54) is 25.6 Å². The Morgan fingerprint density at radius 1 is 1.31 bits per heavy atom. The van der Waals surface area contributed by atoms with Gasteiger partial charge in [-0.05, 0) is 24.1 Å². The lowest BCUT2D eigenvalue weighted by Crippen LogP contribution is -2.53. The molecular formula is C21H20F4N4O3. The number of carbonyl (C=O) groups is 1. The van der Waals surface area contributed by atoms with Gasteiger partial charge in [-0.1, -0.05) is 0 Å². The molecule has 0 bridgehead atoms. The van der Waals surface area contributed by atoms with Crippen molar-refractivity contribution in [2.75, 3.05) is 27.0 Å². The van der Waals surface area contributed by atoms with Crippen LogP contribution in [0.4, 0.5) is 17.6 Å². The molecule has 1 saturated heterocycles. The van der Waals surface area contributed by atoms with Crippen LogP contribution in [0.25, 0.3) is 0 Å². The van der Waals surface area contributed by atoms with Crippen LogP contribution in [0.1, 0.15) is 28.0 Å². The molecule has 1 aromatic carbocycles. The predicted octanol–water partition coefficient (Wildman–Crippen LogP) is 2.47. The molecule has 2 aliphatic rings. The van der Waals surface area contributed by atoms with Crippen molar-refractivity contribution in [2.45, 2.75) is 24.0 Å². The van der Waals surface area contributed by atoms with Crippen molar-refractivity contribution in [1.82, 2.24) is 9.97 Å². The topological polar surface area (TPSA) is 99.7 Å². The maximum atomic E-state index is 14.9. The highest BCUT2D eigenvalue weighted by Gasteiger charge is 2.56. The summed E-state index contributed by atoms with van der Waals surface area (Å²) in [5, 5.41) is 0. The number of fused-ring (bicyclic) bond motifs is 1. The number of aromatic nitrogens is 2. The third-order valence-corrected chi connectivity index (χ3v) is 5.92. The highest BCUT2D eigenvalue weighted by molar-refractivity contribution is 5.95. The smallest absolute Gasteiger partial charge is 0.232 e. The van der Waals surface area contributed by atoms with E-state index in [0.717, 1.165) is 6.07 Å². The molecule has 1 fully saturated rings. The first-order chi connectivity index (χ1) is 15.2. The van der Waals surface area contributed by atoms with E-state index in [1.807, 2.05) is 0 Å². The van der Waals surface area contributed by atoms with Crippen molar-refractivity contribution in [3.05, 3.63) is 53.0 Å². The second kappa shape index (κ2) is 8.12. The Bertz CT molecular complexity index is 1080. The van der Waals surface area contributed by atoms with Crippen LogP contribution in [-0.2, 0) is 16.7 Å². The number of ether oxygens (including phenoxy) is 2. The van der Waals surface area contributed by atoms with E-state index in [2.05, 4.69) is 15.0 Å². The molecule has 0 aliphatic carbocycles. The molecule has 1 aromatic heterocycles. The van der Waals surface area contributed by atoms with Crippen LogP contribution in [0.2, 0.25) is 0 Å². The number of nitrogens with zero attached hydrogens (tertiary/aromatic N) is 3. The zero-order valence-corrected chi connectivity index (χ0v) is 17.1. The summed E-state index contributed by atoms with van der Waals surface area (Å²) >= 11 is 0. The number of halogens is 4. The molecule has 32 heavy (non-hydrogen) atoms. The van der Waals surface area contributed by atoms with Gasteiger partial charge in [0.1, 0.15) is 23.7 Å². The Kier molecular flexibility index (Phi) is 5.61. The Morgan fingerprint density at radius 2 is 2.09 bits per heavy atom. The largest absolute Gasteiger partial charge is 0.480 e. The molecule has 0 amide bonds. The van der Waals surface area contributed by atoms with Crippen molar-refractivity contribution in [2.24, 2.45) is 16.6 Å². The molecule has 2 N–H and O–H groups in total. The number of benzene rings is 1. The molecule has 0 unspecified atom stereocenters. The predicted molar refractivity (Wildman–Crippen MR) is 105 cm³/mol. The van der Waals surface area contributed by atoms with Gasteiger partial charge in [-0.2, -0.15) is 0 Å². The van der Waals surface area contributed by atoms with Crippen LogP contribution in [0.15, 0.2) is 29.5 Å². The maximum Gasteiger partial charge on any atom is 0.232 e. The van der Waals surface area contributed by atoms with Gasteiger partial charge in [0, 0.05) is 17.9 Å². The Balaban J connectivity index is 1.72. The van der Waals surface area contributed by atoms with Crippen LogP contribution in [0.5, 0.6) is 5.88 Å². The molecule has 3 heterocycles. The molecule has 3 atom stereocenters. The molecule has 2 aliphatic heterocycles. The fourth-order valence-electron chi connectivity index (χ4n) is 4.16. The number of aliphatic imine (C=N–C) groups is 1. The summed E-state index contributed by atoms with van der Waals surface area (Å²) in [6.45, 7) is -1.59. The molecular weight excluding hydrogens is 432 g/mol. The van der Waals surface area contributed by atoms with Gasteiger partial charge in [0.15, 0.2) is 23.1 Å². The molecule has 7 nitrogen and oxygen atoms in total. The first-order valence-corrected chi connectivity index (χ1v) is 9.78. The van der Waals surface area contributed by atoms with E-state index in [0.29, 0.717) is 0 Å². The van der Waals surface area contributed by atoms with Gasteiger partial charge in [0.2, 0.25) is 5.88 Å². The van der Waals surface area contributed by atoms with Gasteiger partial charge in [-0.15, -0.1) is 0 Å². The summed E-state index contributed by atoms with van der Waals surface area (Å²) in [6.07, 6.45) is 1.79. The number of hydrogen-bond acceptors (Lipinski definition) is 7. The number of methoxy groups -OCH3 is 1. The lowest BCUT2D eigenvalue weighted by Gasteiger charge is -2.40. The van der Waals surface area contributed by atoms with Crippen molar-refractivity contribution >= 4 is 11.6 Å². The van der Waals surface area contributed by atoms with Crippen LogP contribution in [0, 0.1) is 17.6 Å². The molecule has 2 aromatic rings. The van der Waals surface area contributed by atoms with Gasteiger partial charge in [-0.25, -0.2) is 27.5 Å². The SMILES string of the molecule is COc1cnc(C(=O)Cc2cc(F)c(F)c([C@]34COC[C@H]3C[C@@](F)(CF)C(N)=N4)c2)cn1. The number of alkyl halides is 2. The van der Waals surface area contributed by atoms with Gasteiger partial charge >= 0.3 is 0 Å². The number of nitrogens with two attached hydrogens (primary N) is 1. The normalized spacial score (nSPS) is 27.0. The number of ketones is 1. The number of rotatable bonds is 6. The van der Waals surface area contributed by atoms with Crippen LogP contribution >= 0.6 is 0 Å². The van der Waals surface area contributed by atoms with Crippen LogP contribution in [0.3, 0.4) is 0 Å². The minimum atomic E-state index is -2.49. The fraction of sp³-hybridized carbons (Fsp3) is 0.429. The second-order valence-corrected chi connectivity index (χ2v) is 7.92. The lowest BCUT2D eigenvalue weighted by molar-refractivity contribution is 0.0987. The van der Waals surface area contributed by atoms with Crippen molar-refractivity contribution < 1.29 is 31.8 Å². The van der Waals surface area contributed by atoms with E-state index in [4.69, 9.17) is 15.2 Å². The fourth-order valence-corrected chi connectivity index (χ4v) is 4.16.